The number of benzene rings is 3. The molecule has 0 aliphatic heterocycles. The molecule has 166 valence electrons. The second-order valence-electron chi connectivity index (χ2n) is 7.96. The summed E-state index contributed by atoms with van der Waals surface area (Å²) in [6.45, 7) is 6.16. The summed E-state index contributed by atoms with van der Waals surface area (Å²) >= 11 is 0. The van der Waals surface area contributed by atoms with Gasteiger partial charge in [-0.3, -0.25) is 0 Å². The van der Waals surface area contributed by atoms with Crippen LogP contribution in [0.15, 0.2) is 66.7 Å². The van der Waals surface area contributed by atoms with E-state index in [1.54, 1.807) is 7.11 Å². The topological polar surface area (TPSA) is 45.5 Å². The van der Waals surface area contributed by atoms with Crippen LogP contribution in [-0.4, -0.2) is 23.3 Å². The van der Waals surface area contributed by atoms with Crippen molar-refractivity contribution < 1.29 is 14.2 Å². The van der Waals surface area contributed by atoms with Crippen LogP contribution in [0.3, 0.4) is 0 Å². The lowest BCUT2D eigenvalue weighted by atomic mass is 10.1. The lowest BCUT2D eigenvalue weighted by Crippen LogP contribution is -2.09. The summed E-state index contributed by atoms with van der Waals surface area (Å²) in [5.41, 5.74) is 4.56. The van der Waals surface area contributed by atoms with Crippen LogP contribution in [0.4, 0.5) is 0 Å². The number of nitrogens with zero attached hydrogens (tertiary/aromatic N) is 2. The fourth-order valence-corrected chi connectivity index (χ4v) is 3.84. The number of methoxy groups -OCH3 is 1. The fraction of sp³-hybridized carbons (Fsp3) is 0.296. The van der Waals surface area contributed by atoms with E-state index in [-0.39, 0.29) is 0 Å². The number of imidazole rings is 1. The average molecular weight is 431 g/mol. The minimum absolute atomic E-state index is 0.404. The molecule has 0 fully saturated rings. The molecule has 0 atom stereocenters. The van der Waals surface area contributed by atoms with E-state index in [2.05, 4.69) is 48.7 Å². The number of hydrogen-bond donors (Lipinski definition) is 0. The molecule has 4 aromatic rings. The zero-order valence-electron chi connectivity index (χ0n) is 19.0. The van der Waals surface area contributed by atoms with Crippen LogP contribution in [0.1, 0.15) is 29.8 Å². The Balaban J connectivity index is 1.38. The van der Waals surface area contributed by atoms with Gasteiger partial charge in [0.2, 0.25) is 0 Å². The number of hydrogen-bond acceptors (Lipinski definition) is 4. The van der Waals surface area contributed by atoms with E-state index in [1.165, 1.54) is 11.1 Å². The second kappa shape index (κ2) is 10.2. The minimum Gasteiger partial charge on any atom is -0.497 e. The lowest BCUT2D eigenvalue weighted by Gasteiger charge is -2.12. The summed E-state index contributed by atoms with van der Waals surface area (Å²) in [4.78, 5) is 4.81. The zero-order valence-corrected chi connectivity index (χ0v) is 19.0. The summed E-state index contributed by atoms with van der Waals surface area (Å²) < 4.78 is 19.6. The van der Waals surface area contributed by atoms with Gasteiger partial charge in [-0.2, -0.15) is 0 Å². The van der Waals surface area contributed by atoms with Gasteiger partial charge in [0.15, 0.2) is 0 Å². The van der Waals surface area contributed by atoms with Crippen molar-refractivity contribution in [2.45, 2.75) is 39.8 Å². The van der Waals surface area contributed by atoms with Crippen molar-refractivity contribution in [1.82, 2.24) is 9.55 Å². The van der Waals surface area contributed by atoms with E-state index in [1.807, 2.05) is 36.4 Å². The third-order valence-electron chi connectivity index (χ3n) is 5.51. The fourth-order valence-electron chi connectivity index (χ4n) is 3.84. The number of unbranched alkanes of at least 4 members (excludes halogenated alkanes) is 1. The standard InChI is InChI=1S/C27H30N2O3/c1-20-13-14-26(21(2)17-20)31-16-7-6-15-29-25-12-5-4-11-24(25)28-27(29)19-32-23-10-8-9-22(18-23)30-3/h4-5,8-14,17-18H,6-7,15-16,19H2,1-3H3. The average Bonchev–Trinajstić information content (AvgIpc) is 3.16. The number of aryl methyl sites for hydroxylation is 3. The molecule has 0 saturated heterocycles. The van der Waals surface area contributed by atoms with E-state index in [9.17, 15) is 0 Å². The summed E-state index contributed by atoms with van der Waals surface area (Å²) in [5.74, 6) is 3.44. The van der Waals surface area contributed by atoms with Crippen molar-refractivity contribution in [1.29, 1.82) is 0 Å². The molecule has 3 aromatic carbocycles. The highest BCUT2D eigenvalue weighted by Crippen LogP contribution is 2.23. The van der Waals surface area contributed by atoms with Crippen LogP contribution >= 0.6 is 0 Å². The molecule has 5 heteroatoms. The molecule has 0 aliphatic rings. The highest BCUT2D eigenvalue weighted by atomic mass is 16.5. The van der Waals surface area contributed by atoms with Gasteiger partial charge in [0.25, 0.3) is 0 Å². The summed E-state index contributed by atoms with van der Waals surface area (Å²) in [6.07, 6.45) is 1.97. The van der Waals surface area contributed by atoms with Gasteiger partial charge in [-0.05, 0) is 62.6 Å². The Kier molecular flexibility index (Phi) is 6.95. The molecule has 0 saturated carbocycles. The third-order valence-corrected chi connectivity index (χ3v) is 5.51. The number of aromatic nitrogens is 2. The molecule has 4 rings (SSSR count). The second-order valence-corrected chi connectivity index (χ2v) is 7.96. The first-order chi connectivity index (χ1) is 15.6. The van der Waals surface area contributed by atoms with Crippen LogP contribution in [0, 0.1) is 13.8 Å². The number of fused-ring (bicyclic) bond motifs is 1. The molecule has 0 unspecified atom stereocenters. The Bertz CT molecular complexity index is 1180. The number of rotatable bonds is 10. The van der Waals surface area contributed by atoms with E-state index >= 15 is 0 Å². The van der Waals surface area contributed by atoms with Gasteiger partial charge in [-0.1, -0.05) is 35.9 Å². The van der Waals surface area contributed by atoms with Crippen LogP contribution in [0.5, 0.6) is 17.2 Å². The Morgan fingerprint density at radius 3 is 2.53 bits per heavy atom. The maximum atomic E-state index is 6.02. The third kappa shape index (κ3) is 5.22. The maximum Gasteiger partial charge on any atom is 0.147 e. The predicted octanol–water partition coefficient (Wildman–Crippen LogP) is 6.10. The predicted molar refractivity (Wildman–Crippen MR) is 128 cm³/mol. The quantitative estimate of drug-likeness (QED) is 0.285. The van der Waals surface area contributed by atoms with Crippen molar-refractivity contribution >= 4 is 11.0 Å². The zero-order chi connectivity index (χ0) is 22.3. The van der Waals surface area contributed by atoms with Crippen molar-refractivity contribution in [2.24, 2.45) is 0 Å². The molecule has 0 aliphatic carbocycles. The Morgan fingerprint density at radius 2 is 1.69 bits per heavy atom. The van der Waals surface area contributed by atoms with Crippen LogP contribution in [-0.2, 0) is 13.2 Å². The van der Waals surface area contributed by atoms with Crippen molar-refractivity contribution in [3.8, 4) is 17.2 Å². The van der Waals surface area contributed by atoms with E-state index in [4.69, 9.17) is 19.2 Å². The molecule has 5 nitrogen and oxygen atoms in total. The molecule has 1 aromatic heterocycles. The molecule has 0 N–H and O–H groups in total. The molecule has 1 heterocycles. The summed E-state index contributed by atoms with van der Waals surface area (Å²) in [6, 6.07) is 22.2. The largest absolute Gasteiger partial charge is 0.497 e. The Hall–Kier alpha value is -3.47. The van der Waals surface area contributed by atoms with Crippen molar-refractivity contribution in [3.63, 3.8) is 0 Å². The maximum absolute atomic E-state index is 6.02. The van der Waals surface area contributed by atoms with Crippen molar-refractivity contribution in [2.75, 3.05) is 13.7 Å². The van der Waals surface area contributed by atoms with Crippen LogP contribution in [0.25, 0.3) is 11.0 Å². The smallest absolute Gasteiger partial charge is 0.147 e. The lowest BCUT2D eigenvalue weighted by molar-refractivity contribution is 0.283. The van der Waals surface area contributed by atoms with Crippen molar-refractivity contribution in [3.05, 3.63) is 83.7 Å². The van der Waals surface area contributed by atoms with E-state index < -0.39 is 0 Å². The summed E-state index contributed by atoms with van der Waals surface area (Å²) in [5, 5.41) is 0. The van der Waals surface area contributed by atoms with Crippen LogP contribution < -0.4 is 14.2 Å². The first kappa shape index (κ1) is 21.8. The van der Waals surface area contributed by atoms with Gasteiger partial charge in [-0.25, -0.2) is 4.98 Å². The van der Waals surface area contributed by atoms with Gasteiger partial charge in [0.1, 0.15) is 29.7 Å². The molecule has 32 heavy (non-hydrogen) atoms. The number of para-hydroxylation sites is 2. The Labute approximate surface area is 189 Å². The van der Waals surface area contributed by atoms with E-state index in [0.29, 0.717) is 13.2 Å². The molecular weight excluding hydrogens is 400 g/mol. The molecule has 0 spiro atoms. The minimum atomic E-state index is 0.404. The molecule has 0 amide bonds. The van der Waals surface area contributed by atoms with E-state index in [0.717, 1.165) is 53.5 Å². The van der Waals surface area contributed by atoms with Gasteiger partial charge in [0.05, 0.1) is 24.8 Å². The normalized spacial score (nSPS) is 11.0. The highest BCUT2D eigenvalue weighted by molar-refractivity contribution is 5.75. The first-order valence-electron chi connectivity index (χ1n) is 11.0. The summed E-state index contributed by atoms with van der Waals surface area (Å²) in [7, 11) is 1.66. The SMILES string of the molecule is COc1cccc(OCc2nc3ccccc3n2CCCCOc2ccc(C)cc2C)c1. The van der Waals surface area contributed by atoms with Crippen LogP contribution in [0.2, 0.25) is 0 Å². The first-order valence-corrected chi connectivity index (χ1v) is 11.0. The van der Waals surface area contributed by atoms with Gasteiger partial charge < -0.3 is 18.8 Å². The van der Waals surface area contributed by atoms with Gasteiger partial charge >= 0.3 is 0 Å². The van der Waals surface area contributed by atoms with Gasteiger partial charge in [0, 0.05) is 12.6 Å². The number of ether oxygens (including phenoxy) is 3. The molecule has 0 bridgehead atoms. The molecular formula is C27H30N2O3. The Morgan fingerprint density at radius 1 is 0.844 bits per heavy atom. The molecule has 0 radical (unpaired) electrons. The highest BCUT2D eigenvalue weighted by Gasteiger charge is 2.11. The van der Waals surface area contributed by atoms with Gasteiger partial charge in [-0.15, -0.1) is 0 Å². The monoisotopic (exact) mass is 430 g/mol.